The summed E-state index contributed by atoms with van der Waals surface area (Å²) in [7, 11) is 0. The molecule has 0 spiro atoms. The maximum atomic E-state index is 11.7. The van der Waals surface area contributed by atoms with Crippen molar-refractivity contribution in [2.45, 2.75) is 12.6 Å². The van der Waals surface area contributed by atoms with Crippen LogP contribution in [0.15, 0.2) is 10.7 Å². The lowest BCUT2D eigenvalue weighted by Crippen LogP contribution is -2.27. The van der Waals surface area contributed by atoms with Gasteiger partial charge in [-0.1, -0.05) is 0 Å². The Labute approximate surface area is 63.8 Å². The normalized spacial score (nSPS) is 17.5. The molecule has 2 nitrogen and oxygen atoms in total. The second-order valence-corrected chi connectivity index (χ2v) is 1.84. The van der Waals surface area contributed by atoms with E-state index in [-0.39, 0.29) is 0 Å². The average molecular weight is 184 g/mol. The summed E-state index contributed by atoms with van der Waals surface area (Å²) in [6.07, 6.45) is -6.38. The van der Waals surface area contributed by atoms with Crippen LogP contribution in [0.25, 0.3) is 0 Å². The number of allylic oxidation sites excluding steroid dienone is 1. The number of rotatable bonds is 1. The van der Waals surface area contributed by atoms with Gasteiger partial charge in [0.1, 0.15) is 11.9 Å². The van der Waals surface area contributed by atoms with Crippen LogP contribution in [0.1, 0.15) is 0 Å². The van der Waals surface area contributed by atoms with E-state index in [0.717, 1.165) is 0 Å². The van der Waals surface area contributed by atoms with Crippen molar-refractivity contribution in [3.05, 3.63) is 11.9 Å². The molecule has 0 atom stereocenters. The molecule has 0 aromatic carbocycles. The van der Waals surface area contributed by atoms with Crippen molar-refractivity contribution in [2.75, 3.05) is 0 Å². The van der Waals surface area contributed by atoms with Gasteiger partial charge < -0.3 is 0 Å². The molecule has 0 bridgehead atoms. The molecule has 0 aliphatic carbocycles. The van der Waals surface area contributed by atoms with E-state index >= 15 is 0 Å². The van der Waals surface area contributed by atoms with E-state index < -0.39 is 24.1 Å². The Kier molecular flexibility index (Phi) is 2.03. The fraction of sp³-hybridized carbons (Fsp3) is 0.400. The van der Waals surface area contributed by atoms with Crippen LogP contribution < -0.4 is 5.32 Å². The first kappa shape index (κ1) is 8.95. The first-order valence-electron chi connectivity index (χ1n) is 2.69. The molecule has 1 aliphatic rings. The summed E-state index contributed by atoms with van der Waals surface area (Å²) in [5, 5.41) is 2.57. The molecule has 1 rings (SSSR count). The van der Waals surface area contributed by atoms with Crippen LogP contribution in [-0.2, 0) is 0 Å². The number of hydrogen-bond donors (Lipinski definition) is 0. The minimum atomic E-state index is -4.79. The summed E-state index contributed by atoms with van der Waals surface area (Å²) in [6.45, 7) is 0. The maximum absolute atomic E-state index is 11.7. The van der Waals surface area contributed by atoms with Gasteiger partial charge in [0.25, 0.3) is 6.43 Å². The highest BCUT2D eigenvalue weighted by atomic mass is 19.4. The molecule has 12 heavy (non-hydrogen) atoms. The lowest BCUT2D eigenvalue weighted by Gasteiger charge is -2.02. The van der Waals surface area contributed by atoms with Crippen molar-refractivity contribution in [3.8, 4) is 0 Å². The van der Waals surface area contributed by atoms with Crippen molar-refractivity contribution >= 4 is 5.84 Å². The Balaban J connectivity index is 2.74. The third-order valence-electron chi connectivity index (χ3n) is 0.963. The highest BCUT2D eigenvalue weighted by Crippen LogP contribution is 2.22. The zero-order chi connectivity index (χ0) is 9.35. The number of amidine groups is 1. The first-order chi connectivity index (χ1) is 5.41. The number of halogens is 5. The van der Waals surface area contributed by atoms with E-state index in [2.05, 4.69) is 10.3 Å². The zero-order valence-corrected chi connectivity index (χ0v) is 5.36. The number of alkyl halides is 5. The smallest absolute Gasteiger partial charge is 0.221 e. The summed E-state index contributed by atoms with van der Waals surface area (Å²) in [4.78, 5) is 2.54. The quantitative estimate of drug-likeness (QED) is 0.552. The van der Waals surface area contributed by atoms with Gasteiger partial charge in [0.05, 0.1) is 0 Å². The topological polar surface area (TPSA) is 26.5 Å². The number of hydrogen-bond acceptors (Lipinski definition) is 1. The fourth-order valence-corrected chi connectivity index (χ4v) is 0.499. The second-order valence-electron chi connectivity index (χ2n) is 1.84. The highest BCUT2D eigenvalue weighted by molar-refractivity contribution is 5.90. The molecule has 1 heterocycles. The van der Waals surface area contributed by atoms with Gasteiger partial charge in [0, 0.05) is 0 Å². The summed E-state index contributed by atoms with van der Waals surface area (Å²) in [5.41, 5.74) is -1.08. The standard InChI is InChI=1S/C5HF5N2/c6-3(7)2-1-11-4(12-2)5(8,9)10/h3H. The summed E-state index contributed by atoms with van der Waals surface area (Å²) < 4.78 is 58.4. The minimum Gasteiger partial charge on any atom is -0.221 e. The van der Waals surface area contributed by atoms with Gasteiger partial charge in [-0.05, 0) is 0 Å². The van der Waals surface area contributed by atoms with Crippen LogP contribution in [0.2, 0.25) is 0 Å². The molecule has 66 valence electrons. The number of nitrogens with zero attached hydrogens (tertiary/aromatic N) is 2. The van der Waals surface area contributed by atoms with Gasteiger partial charge in [-0.2, -0.15) is 13.2 Å². The van der Waals surface area contributed by atoms with E-state index in [4.69, 9.17) is 0 Å². The molecule has 1 aliphatic heterocycles. The summed E-state index contributed by atoms with van der Waals surface area (Å²) >= 11 is 0. The molecule has 2 radical (unpaired) electrons. The van der Waals surface area contributed by atoms with E-state index in [1.54, 1.807) is 0 Å². The van der Waals surface area contributed by atoms with Crippen LogP contribution in [0.4, 0.5) is 22.0 Å². The predicted octanol–water partition coefficient (Wildman–Crippen LogP) is 1.47. The summed E-state index contributed by atoms with van der Waals surface area (Å²) in [5.74, 6) is -1.59. The third kappa shape index (κ3) is 1.72. The largest absolute Gasteiger partial charge is 0.451 e. The van der Waals surface area contributed by atoms with Crippen molar-refractivity contribution in [3.63, 3.8) is 0 Å². The van der Waals surface area contributed by atoms with Gasteiger partial charge in [-0.25, -0.2) is 19.1 Å². The second kappa shape index (κ2) is 2.72. The zero-order valence-electron chi connectivity index (χ0n) is 5.36. The van der Waals surface area contributed by atoms with Crippen LogP contribution in [-0.4, -0.2) is 18.4 Å². The Morgan fingerprint density at radius 3 is 2.08 bits per heavy atom. The highest BCUT2D eigenvalue weighted by Gasteiger charge is 2.40. The van der Waals surface area contributed by atoms with E-state index in [1.165, 1.54) is 6.20 Å². The molecule has 0 amide bonds. The van der Waals surface area contributed by atoms with Gasteiger partial charge >= 0.3 is 6.18 Å². The molecule has 0 N–H and O–H groups in total. The van der Waals surface area contributed by atoms with Crippen molar-refractivity contribution in [1.82, 2.24) is 5.32 Å². The molecule has 0 saturated heterocycles. The van der Waals surface area contributed by atoms with Crippen LogP contribution >= 0.6 is 0 Å². The van der Waals surface area contributed by atoms with Gasteiger partial charge in [0.2, 0.25) is 5.84 Å². The van der Waals surface area contributed by atoms with E-state index in [9.17, 15) is 22.0 Å². The molecular weight excluding hydrogens is 183 g/mol. The van der Waals surface area contributed by atoms with Crippen molar-refractivity contribution in [1.29, 1.82) is 0 Å². The lowest BCUT2D eigenvalue weighted by atomic mass is 10.5. The van der Waals surface area contributed by atoms with Crippen LogP contribution in [0.3, 0.4) is 0 Å². The monoisotopic (exact) mass is 184 g/mol. The first-order valence-corrected chi connectivity index (χ1v) is 2.69. The number of aliphatic imine (C=N–C) groups is 1. The van der Waals surface area contributed by atoms with E-state index in [0.29, 0.717) is 0 Å². The Morgan fingerprint density at radius 2 is 1.83 bits per heavy atom. The molecule has 0 unspecified atom stereocenters. The van der Waals surface area contributed by atoms with E-state index in [1.807, 2.05) is 0 Å². The van der Waals surface area contributed by atoms with Crippen LogP contribution in [0, 0.1) is 6.20 Å². The SMILES string of the molecule is FC(F)C1=[C][N]C(C(F)(F)F)=N1. The van der Waals surface area contributed by atoms with Gasteiger partial charge in [-0.3, -0.25) is 0 Å². The molecule has 0 aromatic rings. The van der Waals surface area contributed by atoms with Gasteiger partial charge in [-0.15, -0.1) is 0 Å². The average Bonchev–Trinajstić information content (AvgIpc) is 2.30. The molecule has 0 fully saturated rings. The Hall–Kier alpha value is -1.14. The maximum Gasteiger partial charge on any atom is 0.451 e. The minimum absolute atomic E-state index is 1.08. The third-order valence-corrected chi connectivity index (χ3v) is 0.963. The molecular formula is C5HF5N2. The molecule has 7 heteroatoms. The van der Waals surface area contributed by atoms with Crippen LogP contribution in [0.5, 0.6) is 0 Å². The Morgan fingerprint density at radius 1 is 1.25 bits per heavy atom. The van der Waals surface area contributed by atoms with Crippen molar-refractivity contribution < 1.29 is 22.0 Å². The van der Waals surface area contributed by atoms with Crippen molar-refractivity contribution in [2.24, 2.45) is 4.99 Å². The van der Waals surface area contributed by atoms with Gasteiger partial charge in [0.15, 0.2) is 0 Å². The molecule has 0 saturated carbocycles. The lowest BCUT2D eigenvalue weighted by molar-refractivity contribution is -0.0611. The Bertz CT molecular complexity index is 239. The fourth-order valence-electron chi connectivity index (χ4n) is 0.499. The predicted molar refractivity (Wildman–Crippen MR) is 28.4 cm³/mol. The molecule has 0 aromatic heterocycles. The summed E-state index contributed by atoms with van der Waals surface area (Å²) in [6, 6.07) is 0.